The lowest BCUT2D eigenvalue weighted by Gasteiger charge is -1.99. The third kappa shape index (κ3) is 2.03. The largest absolute Gasteiger partial charge is 0.363 e. The van der Waals surface area contributed by atoms with Crippen LogP contribution < -0.4 is 0 Å². The average Bonchev–Trinajstić information content (AvgIpc) is 2.30. The van der Waals surface area contributed by atoms with Crippen molar-refractivity contribution in [3.05, 3.63) is 52.5 Å². The zero-order valence-corrected chi connectivity index (χ0v) is 8.62. The van der Waals surface area contributed by atoms with E-state index < -0.39 is 4.92 Å². The molecule has 0 unspecified atom stereocenters. The Morgan fingerprint density at radius 3 is 2.12 bits per heavy atom. The van der Waals surface area contributed by atoms with E-state index in [4.69, 9.17) is 0 Å². The minimum Gasteiger partial charge on any atom is -0.358 e. The molecule has 5 heteroatoms. The Hall–Kier alpha value is -2.30. The second-order valence-electron chi connectivity index (χ2n) is 3.35. The maximum atomic E-state index is 10.4. The first-order valence-corrected chi connectivity index (χ1v) is 4.70. The summed E-state index contributed by atoms with van der Waals surface area (Å²) in [6, 6.07) is 6.84. The number of rotatable bonds is 2. The molecule has 0 aliphatic rings. The van der Waals surface area contributed by atoms with Crippen molar-refractivity contribution in [1.29, 1.82) is 0 Å². The SMILES string of the molecule is Cc1ccc(-c2ccc([N+](=O)[O-])nc2)cn1. The molecule has 80 valence electrons. The van der Waals surface area contributed by atoms with Gasteiger partial charge in [-0.15, -0.1) is 0 Å². The Morgan fingerprint density at radius 1 is 1.06 bits per heavy atom. The Bertz CT molecular complexity index is 506. The molecule has 0 aliphatic carbocycles. The number of hydrogen-bond acceptors (Lipinski definition) is 4. The zero-order chi connectivity index (χ0) is 11.5. The summed E-state index contributed by atoms with van der Waals surface area (Å²) in [5.74, 6) is -0.149. The molecule has 0 radical (unpaired) electrons. The third-order valence-corrected chi connectivity index (χ3v) is 2.18. The summed E-state index contributed by atoms with van der Waals surface area (Å²) in [5, 5.41) is 10.4. The first-order chi connectivity index (χ1) is 7.66. The van der Waals surface area contributed by atoms with Gasteiger partial charge in [0.1, 0.15) is 6.20 Å². The van der Waals surface area contributed by atoms with Crippen LogP contribution in [-0.4, -0.2) is 14.9 Å². The average molecular weight is 215 g/mol. The first-order valence-electron chi connectivity index (χ1n) is 4.70. The van der Waals surface area contributed by atoms with Crippen molar-refractivity contribution in [3.63, 3.8) is 0 Å². The second-order valence-corrected chi connectivity index (χ2v) is 3.35. The van der Waals surface area contributed by atoms with E-state index >= 15 is 0 Å². The van der Waals surface area contributed by atoms with Gasteiger partial charge in [0.25, 0.3) is 0 Å². The molecular formula is C11H9N3O2. The predicted octanol–water partition coefficient (Wildman–Crippen LogP) is 2.36. The fourth-order valence-electron chi connectivity index (χ4n) is 1.30. The molecule has 16 heavy (non-hydrogen) atoms. The van der Waals surface area contributed by atoms with E-state index in [1.807, 2.05) is 19.1 Å². The van der Waals surface area contributed by atoms with Gasteiger partial charge in [0, 0.05) is 29.1 Å². The molecule has 2 heterocycles. The Labute approximate surface area is 91.9 Å². The first kappa shape index (κ1) is 10.2. The van der Waals surface area contributed by atoms with E-state index in [-0.39, 0.29) is 5.82 Å². The van der Waals surface area contributed by atoms with Crippen molar-refractivity contribution in [2.45, 2.75) is 6.92 Å². The third-order valence-electron chi connectivity index (χ3n) is 2.18. The highest BCUT2D eigenvalue weighted by atomic mass is 16.6. The summed E-state index contributed by atoms with van der Waals surface area (Å²) >= 11 is 0. The van der Waals surface area contributed by atoms with Crippen LogP contribution in [0.5, 0.6) is 0 Å². The lowest BCUT2D eigenvalue weighted by molar-refractivity contribution is -0.389. The molecule has 0 amide bonds. The Balaban J connectivity index is 2.34. The number of pyridine rings is 2. The molecule has 0 N–H and O–H groups in total. The summed E-state index contributed by atoms with van der Waals surface area (Å²) in [5.41, 5.74) is 2.64. The number of aromatic nitrogens is 2. The number of aryl methyl sites for hydroxylation is 1. The zero-order valence-electron chi connectivity index (χ0n) is 8.62. The van der Waals surface area contributed by atoms with Crippen molar-refractivity contribution >= 4 is 5.82 Å². The summed E-state index contributed by atoms with van der Waals surface area (Å²) in [6.07, 6.45) is 3.20. The monoisotopic (exact) mass is 215 g/mol. The Morgan fingerprint density at radius 2 is 1.69 bits per heavy atom. The normalized spacial score (nSPS) is 10.1. The molecule has 2 aromatic heterocycles. The van der Waals surface area contributed by atoms with Crippen molar-refractivity contribution in [2.24, 2.45) is 0 Å². The van der Waals surface area contributed by atoms with Crippen LogP contribution in [0.2, 0.25) is 0 Å². The highest BCUT2D eigenvalue weighted by Gasteiger charge is 2.07. The molecule has 2 rings (SSSR count). The van der Waals surface area contributed by atoms with Gasteiger partial charge in [0.05, 0.1) is 0 Å². The van der Waals surface area contributed by atoms with Crippen LogP contribution in [0.1, 0.15) is 5.69 Å². The lowest BCUT2D eigenvalue weighted by Crippen LogP contribution is -1.91. The molecule has 2 aromatic rings. The van der Waals surface area contributed by atoms with Crippen LogP contribution in [0.15, 0.2) is 36.7 Å². The quantitative estimate of drug-likeness (QED) is 0.569. The Kier molecular flexibility index (Phi) is 2.59. The van der Waals surface area contributed by atoms with Gasteiger partial charge in [0.15, 0.2) is 0 Å². The van der Waals surface area contributed by atoms with Gasteiger partial charge in [0.2, 0.25) is 0 Å². The fourth-order valence-corrected chi connectivity index (χ4v) is 1.30. The van der Waals surface area contributed by atoms with E-state index in [2.05, 4.69) is 9.97 Å². The molecular weight excluding hydrogens is 206 g/mol. The van der Waals surface area contributed by atoms with Crippen LogP contribution in [0.25, 0.3) is 11.1 Å². The van der Waals surface area contributed by atoms with E-state index in [0.717, 1.165) is 16.8 Å². The van der Waals surface area contributed by atoms with Crippen LogP contribution in [0.3, 0.4) is 0 Å². The van der Waals surface area contributed by atoms with Gasteiger partial charge < -0.3 is 10.1 Å². The maximum Gasteiger partial charge on any atom is 0.363 e. The standard InChI is InChI=1S/C11H9N3O2/c1-8-2-3-9(6-12-8)10-4-5-11(13-7-10)14(15)16/h2-7H,1H3. The molecule has 0 atom stereocenters. The van der Waals surface area contributed by atoms with E-state index in [1.54, 1.807) is 12.3 Å². The van der Waals surface area contributed by atoms with Gasteiger partial charge in [-0.3, -0.25) is 4.98 Å². The lowest BCUT2D eigenvalue weighted by atomic mass is 10.1. The van der Waals surface area contributed by atoms with Crippen LogP contribution in [0.4, 0.5) is 5.82 Å². The molecule has 0 bridgehead atoms. The van der Waals surface area contributed by atoms with Gasteiger partial charge in [-0.1, -0.05) is 6.07 Å². The van der Waals surface area contributed by atoms with E-state index in [1.165, 1.54) is 12.3 Å². The van der Waals surface area contributed by atoms with Crippen molar-refractivity contribution in [2.75, 3.05) is 0 Å². The minimum atomic E-state index is -0.517. The molecule has 0 aromatic carbocycles. The summed E-state index contributed by atoms with van der Waals surface area (Å²) in [6.45, 7) is 1.90. The van der Waals surface area contributed by atoms with Crippen LogP contribution >= 0.6 is 0 Å². The molecule has 0 saturated heterocycles. The summed E-state index contributed by atoms with van der Waals surface area (Å²) < 4.78 is 0. The van der Waals surface area contributed by atoms with Gasteiger partial charge in [-0.05, 0) is 29.0 Å². The van der Waals surface area contributed by atoms with Crippen LogP contribution in [-0.2, 0) is 0 Å². The molecule has 0 aliphatic heterocycles. The van der Waals surface area contributed by atoms with Crippen molar-refractivity contribution < 1.29 is 4.92 Å². The smallest absolute Gasteiger partial charge is 0.358 e. The number of nitrogens with zero attached hydrogens (tertiary/aromatic N) is 3. The fraction of sp³-hybridized carbons (Fsp3) is 0.0909. The van der Waals surface area contributed by atoms with Crippen molar-refractivity contribution in [3.8, 4) is 11.1 Å². The van der Waals surface area contributed by atoms with Gasteiger partial charge >= 0.3 is 5.82 Å². The van der Waals surface area contributed by atoms with E-state index in [9.17, 15) is 10.1 Å². The summed E-state index contributed by atoms with van der Waals surface area (Å²) in [4.78, 5) is 17.8. The maximum absolute atomic E-state index is 10.4. The number of nitro groups is 1. The van der Waals surface area contributed by atoms with Gasteiger partial charge in [-0.2, -0.15) is 0 Å². The number of hydrogen-bond donors (Lipinski definition) is 0. The minimum absolute atomic E-state index is 0.149. The molecule has 0 spiro atoms. The van der Waals surface area contributed by atoms with Gasteiger partial charge in [-0.25, -0.2) is 0 Å². The van der Waals surface area contributed by atoms with Crippen LogP contribution in [0, 0.1) is 17.0 Å². The van der Waals surface area contributed by atoms with E-state index in [0.29, 0.717) is 0 Å². The highest BCUT2D eigenvalue weighted by molar-refractivity contribution is 5.61. The molecule has 5 nitrogen and oxygen atoms in total. The van der Waals surface area contributed by atoms with Crippen molar-refractivity contribution in [1.82, 2.24) is 9.97 Å². The topological polar surface area (TPSA) is 68.9 Å². The second kappa shape index (κ2) is 4.06. The summed E-state index contributed by atoms with van der Waals surface area (Å²) in [7, 11) is 0. The molecule has 0 fully saturated rings. The highest BCUT2D eigenvalue weighted by Crippen LogP contribution is 2.19. The molecule has 0 saturated carbocycles. The predicted molar refractivity (Wildman–Crippen MR) is 58.9 cm³/mol.